The number of piperazine rings is 1. The molecule has 2 fully saturated rings. The minimum absolute atomic E-state index is 0.0672. The van der Waals surface area contributed by atoms with Crippen molar-refractivity contribution >= 4 is 34.2 Å². The van der Waals surface area contributed by atoms with Crippen molar-refractivity contribution in [2.75, 3.05) is 25.0 Å². The molecule has 1 aliphatic heterocycles. The predicted octanol–water partition coefficient (Wildman–Crippen LogP) is 2.14. The number of carbonyl (C=O) groups excluding carboxylic acids is 3. The molecular formula is C26H28N6O3S. The van der Waals surface area contributed by atoms with Gasteiger partial charge in [0.1, 0.15) is 12.1 Å². The highest BCUT2D eigenvalue weighted by Crippen LogP contribution is 2.26. The Morgan fingerprint density at radius 2 is 1.83 bits per heavy atom. The number of hydrogen-bond donors (Lipinski definition) is 4. The summed E-state index contributed by atoms with van der Waals surface area (Å²) in [6.07, 6.45) is 2.08. The number of nitrogens with one attached hydrogen (secondary N) is 3. The summed E-state index contributed by atoms with van der Waals surface area (Å²) in [5, 5.41) is 11.3. The van der Waals surface area contributed by atoms with Crippen molar-refractivity contribution in [2.24, 2.45) is 5.73 Å². The Morgan fingerprint density at radius 3 is 2.56 bits per heavy atom. The molecule has 2 aliphatic rings. The molecule has 3 amide bonds. The summed E-state index contributed by atoms with van der Waals surface area (Å²) in [6.45, 7) is 1.32. The second-order valence-electron chi connectivity index (χ2n) is 8.99. The van der Waals surface area contributed by atoms with Crippen molar-refractivity contribution in [3.63, 3.8) is 0 Å². The smallest absolute Gasteiger partial charge is 0.251 e. The fraction of sp³-hybridized carbons (Fsp3) is 0.308. The van der Waals surface area contributed by atoms with Gasteiger partial charge in [-0.1, -0.05) is 42.5 Å². The van der Waals surface area contributed by atoms with Gasteiger partial charge in [0.2, 0.25) is 11.8 Å². The molecule has 1 saturated heterocycles. The summed E-state index contributed by atoms with van der Waals surface area (Å²) in [6, 6.07) is 15.2. The molecule has 36 heavy (non-hydrogen) atoms. The van der Waals surface area contributed by atoms with Crippen LogP contribution >= 0.6 is 11.3 Å². The van der Waals surface area contributed by atoms with Crippen LogP contribution in [-0.4, -0.2) is 59.3 Å². The normalized spacial score (nSPS) is 18.4. The van der Waals surface area contributed by atoms with Crippen LogP contribution in [0.2, 0.25) is 0 Å². The van der Waals surface area contributed by atoms with Gasteiger partial charge in [-0.25, -0.2) is 4.98 Å². The van der Waals surface area contributed by atoms with Gasteiger partial charge in [-0.05, 0) is 30.5 Å². The molecule has 1 aliphatic carbocycles. The maximum Gasteiger partial charge on any atom is 0.251 e. The zero-order valence-electron chi connectivity index (χ0n) is 19.6. The molecule has 2 aromatic carbocycles. The second kappa shape index (κ2) is 10.6. The van der Waals surface area contributed by atoms with E-state index in [1.54, 1.807) is 17.0 Å². The Bertz CT molecular complexity index is 1240. The number of anilines is 1. The summed E-state index contributed by atoms with van der Waals surface area (Å²) in [7, 11) is 0. The van der Waals surface area contributed by atoms with Gasteiger partial charge in [0.05, 0.1) is 5.69 Å². The average Bonchev–Trinajstić information content (AvgIpc) is 3.62. The molecule has 186 valence electrons. The van der Waals surface area contributed by atoms with E-state index in [1.165, 1.54) is 11.3 Å². The van der Waals surface area contributed by atoms with Crippen molar-refractivity contribution in [1.29, 1.82) is 0 Å². The van der Waals surface area contributed by atoms with Crippen LogP contribution in [0.3, 0.4) is 0 Å². The van der Waals surface area contributed by atoms with Crippen LogP contribution in [0.1, 0.15) is 34.8 Å². The summed E-state index contributed by atoms with van der Waals surface area (Å²) in [5.41, 5.74) is 9.09. The van der Waals surface area contributed by atoms with Gasteiger partial charge in [0.25, 0.3) is 5.91 Å². The number of carbonyl (C=O) groups is 3. The van der Waals surface area contributed by atoms with Crippen LogP contribution in [0.25, 0.3) is 11.3 Å². The molecule has 9 nitrogen and oxygen atoms in total. The molecule has 3 aromatic rings. The molecule has 10 heteroatoms. The van der Waals surface area contributed by atoms with Crippen molar-refractivity contribution < 1.29 is 14.4 Å². The second-order valence-corrected chi connectivity index (χ2v) is 9.85. The van der Waals surface area contributed by atoms with Crippen LogP contribution < -0.4 is 21.7 Å². The van der Waals surface area contributed by atoms with Crippen molar-refractivity contribution in [1.82, 2.24) is 20.5 Å². The van der Waals surface area contributed by atoms with Crippen molar-refractivity contribution in [3.8, 4) is 11.3 Å². The van der Waals surface area contributed by atoms with E-state index in [2.05, 4.69) is 20.9 Å². The van der Waals surface area contributed by atoms with Crippen molar-refractivity contribution in [2.45, 2.75) is 31.0 Å². The minimum atomic E-state index is -0.833. The molecule has 1 saturated carbocycles. The zero-order chi connectivity index (χ0) is 25.1. The Kier molecular flexibility index (Phi) is 7.08. The Balaban J connectivity index is 1.24. The van der Waals surface area contributed by atoms with Crippen LogP contribution in [0.4, 0.5) is 5.13 Å². The van der Waals surface area contributed by atoms with Crippen LogP contribution in [0.5, 0.6) is 0 Å². The first-order valence-corrected chi connectivity index (χ1v) is 12.9. The molecule has 5 N–H and O–H groups in total. The van der Waals surface area contributed by atoms with Gasteiger partial charge in [-0.15, -0.1) is 11.3 Å². The highest BCUT2D eigenvalue weighted by Gasteiger charge is 2.35. The van der Waals surface area contributed by atoms with E-state index in [0.717, 1.165) is 18.4 Å². The first-order valence-electron chi connectivity index (χ1n) is 12.0. The summed E-state index contributed by atoms with van der Waals surface area (Å²) in [4.78, 5) is 44.6. The third-order valence-electron chi connectivity index (χ3n) is 6.34. The lowest BCUT2D eigenvalue weighted by Gasteiger charge is -2.36. The topological polar surface area (TPSA) is 129 Å². The first-order chi connectivity index (χ1) is 17.5. The standard InChI is InChI=1S/C26H28N6O3S/c27-22(17-4-2-1-3-5-17)25(35)32-13-12-28-14-21(32)24(34)31-26-30-20(15-36-26)16-6-8-18(9-7-16)23(33)29-19-10-11-19/h1-9,15,19,21-22,28H,10-14,27H2,(H,29,33)(H,30,31,34)/t21-,22+/m0/s1. The number of thiazole rings is 1. The number of amides is 3. The summed E-state index contributed by atoms with van der Waals surface area (Å²) < 4.78 is 0. The third kappa shape index (κ3) is 5.46. The van der Waals surface area contributed by atoms with Gasteiger partial charge in [0.15, 0.2) is 5.13 Å². The predicted molar refractivity (Wildman–Crippen MR) is 138 cm³/mol. The van der Waals surface area contributed by atoms with E-state index in [0.29, 0.717) is 47.6 Å². The quantitative estimate of drug-likeness (QED) is 0.390. The maximum absolute atomic E-state index is 13.1. The number of nitrogens with two attached hydrogens (primary N) is 1. The van der Waals surface area contributed by atoms with Gasteiger partial charge in [-0.3, -0.25) is 14.4 Å². The molecule has 2 atom stereocenters. The largest absolute Gasteiger partial charge is 0.349 e. The van der Waals surface area contributed by atoms with E-state index in [4.69, 9.17) is 5.73 Å². The van der Waals surface area contributed by atoms with E-state index in [-0.39, 0.29) is 17.7 Å². The highest BCUT2D eigenvalue weighted by atomic mass is 32.1. The highest BCUT2D eigenvalue weighted by molar-refractivity contribution is 7.14. The summed E-state index contributed by atoms with van der Waals surface area (Å²) >= 11 is 1.31. The van der Waals surface area contributed by atoms with Crippen molar-refractivity contribution in [3.05, 3.63) is 71.1 Å². The maximum atomic E-state index is 13.1. The van der Waals surface area contributed by atoms with E-state index < -0.39 is 12.1 Å². The molecule has 1 aromatic heterocycles. The zero-order valence-corrected chi connectivity index (χ0v) is 20.5. The van der Waals surface area contributed by atoms with E-state index in [1.807, 2.05) is 47.8 Å². The van der Waals surface area contributed by atoms with Gasteiger partial charge in [-0.2, -0.15) is 0 Å². The number of aromatic nitrogens is 1. The number of rotatable bonds is 7. The number of benzene rings is 2. The monoisotopic (exact) mass is 504 g/mol. The Labute approximate surface area is 213 Å². The molecular weight excluding hydrogens is 476 g/mol. The number of hydrogen-bond acceptors (Lipinski definition) is 7. The Hall–Kier alpha value is -3.60. The van der Waals surface area contributed by atoms with Crippen LogP contribution in [-0.2, 0) is 9.59 Å². The minimum Gasteiger partial charge on any atom is -0.349 e. The van der Waals surface area contributed by atoms with Crippen LogP contribution in [0, 0.1) is 0 Å². The molecule has 0 bridgehead atoms. The van der Waals surface area contributed by atoms with Gasteiger partial charge < -0.3 is 26.6 Å². The molecule has 2 heterocycles. The lowest BCUT2D eigenvalue weighted by Crippen LogP contribution is -2.59. The molecule has 0 spiro atoms. The molecule has 5 rings (SSSR count). The third-order valence-corrected chi connectivity index (χ3v) is 7.10. The van der Waals surface area contributed by atoms with Crippen LogP contribution in [0.15, 0.2) is 60.0 Å². The Morgan fingerprint density at radius 1 is 1.08 bits per heavy atom. The molecule has 0 radical (unpaired) electrons. The number of nitrogens with zero attached hydrogens (tertiary/aromatic N) is 2. The van der Waals surface area contributed by atoms with E-state index >= 15 is 0 Å². The van der Waals surface area contributed by atoms with Gasteiger partial charge >= 0.3 is 0 Å². The van der Waals surface area contributed by atoms with Gasteiger partial charge in [0, 0.05) is 42.2 Å². The fourth-order valence-corrected chi connectivity index (χ4v) is 4.85. The average molecular weight is 505 g/mol. The SMILES string of the molecule is N[C@@H](C(=O)N1CCNC[C@H]1C(=O)Nc1nc(-c2ccc(C(=O)NC3CC3)cc2)cs1)c1ccccc1. The fourth-order valence-electron chi connectivity index (χ4n) is 4.13. The van der Waals surface area contributed by atoms with E-state index in [9.17, 15) is 14.4 Å². The lowest BCUT2D eigenvalue weighted by atomic mass is 10.0. The lowest BCUT2D eigenvalue weighted by molar-refractivity contribution is -0.140. The molecule has 0 unspecified atom stereocenters. The first kappa shape index (κ1) is 24.1. The summed E-state index contributed by atoms with van der Waals surface area (Å²) in [5.74, 6) is -0.667.